The summed E-state index contributed by atoms with van der Waals surface area (Å²) in [5, 5.41) is 10.4. The summed E-state index contributed by atoms with van der Waals surface area (Å²) in [6, 6.07) is 13.0. The number of carbonyl (C=O) groups excluding carboxylic acids is 1. The topological polar surface area (TPSA) is 71.5 Å². The van der Waals surface area contributed by atoms with Gasteiger partial charge in [0.1, 0.15) is 18.5 Å². The van der Waals surface area contributed by atoms with Crippen LogP contribution in [0.2, 0.25) is 0 Å². The number of hydrogen-bond acceptors (Lipinski definition) is 7. The number of piperazine rings is 1. The number of hydrogen-bond donors (Lipinski definition) is 1. The normalized spacial score (nSPS) is 14.6. The molecule has 1 aliphatic rings. The van der Waals surface area contributed by atoms with Gasteiger partial charge in [0.2, 0.25) is 0 Å². The van der Waals surface area contributed by atoms with Crippen LogP contribution in [0.5, 0.6) is 17.2 Å². The summed E-state index contributed by atoms with van der Waals surface area (Å²) in [4.78, 5) is 16.0. The summed E-state index contributed by atoms with van der Waals surface area (Å²) in [6.07, 6.45) is -0.599. The van der Waals surface area contributed by atoms with Gasteiger partial charge in [0, 0.05) is 50.0 Å². The van der Waals surface area contributed by atoms with Crippen molar-refractivity contribution in [2.75, 3.05) is 58.5 Å². The minimum absolute atomic E-state index is 0. The Morgan fingerprint density at radius 3 is 2.31 bits per heavy atom. The number of aliphatic hydroxyl groups excluding tert-OH is 1. The van der Waals surface area contributed by atoms with Gasteiger partial charge in [-0.15, -0.1) is 24.8 Å². The number of rotatable bonds is 9. The zero-order valence-electron chi connectivity index (χ0n) is 18.7. The van der Waals surface area contributed by atoms with Crippen LogP contribution in [0, 0.1) is 0 Å². The van der Waals surface area contributed by atoms with Crippen molar-refractivity contribution in [3.63, 3.8) is 0 Å². The van der Waals surface area contributed by atoms with E-state index in [1.165, 1.54) is 6.92 Å². The molecule has 0 spiro atoms. The van der Waals surface area contributed by atoms with Gasteiger partial charge in [-0.3, -0.25) is 9.69 Å². The Balaban J connectivity index is 0.00000256. The van der Waals surface area contributed by atoms with Gasteiger partial charge in [-0.2, -0.15) is 0 Å². The van der Waals surface area contributed by atoms with E-state index in [1.807, 2.05) is 18.2 Å². The van der Waals surface area contributed by atoms with Crippen molar-refractivity contribution in [3.05, 3.63) is 48.0 Å². The second kappa shape index (κ2) is 13.4. The van der Waals surface area contributed by atoms with Gasteiger partial charge in [0.15, 0.2) is 17.3 Å². The van der Waals surface area contributed by atoms with Gasteiger partial charge in [-0.1, -0.05) is 12.1 Å². The van der Waals surface area contributed by atoms with Crippen molar-refractivity contribution in [2.45, 2.75) is 13.0 Å². The SMILES string of the molecule is COc1ccc(N2CCN(CC(O)COc3cccc(C(C)=O)c3)CC2)cc1OC.Cl.Cl. The van der Waals surface area contributed by atoms with E-state index in [4.69, 9.17) is 14.2 Å². The molecule has 2 aromatic rings. The Bertz CT molecular complexity index is 860. The Kier molecular flexibility index (Phi) is 11.6. The van der Waals surface area contributed by atoms with Crippen LogP contribution in [0.1, 0.15) is 17.3 Å². The van der Waals surface area contributed by atoms with E-state index in [1.54, 1.807) is 38.5 Å². The second-order valence-corrected chi connectivity index (χ2v) is 7.38. The number of ether oxygens (including phenoxy) is 3. The monoisotopic (exact) mass is 486 g/mol. The molecule has 0 saturated carbocycles. The van der Waals surface area contributed by atoms with Gasteiger partial charge < -0.3 is 24.2 Å². The molecular weight excluding hydrogens is 455 g/mol. The van der Waals surface area contributed by atoms with Crippen LogP contribution < -0.4 is 19.1 Å². The van der Waals surface area contributed by atoms with Gasteiger partial charge >= 0.3 is 0 Å². The molecule has 1 unspecified atom stereocenters. The van der Waals surface area contributed by atoms with Gasteiger partial charge in [0.25, 0.3) is 0 Å². The number of methoxy groups -OCH3 is 2. The summed E-state index contributed by atoms with van der Waals surface area (Å²) in [6.45, 7) is 5.70. The first-order valence-electron chi connectivity index (χ1n) is 10.1. The average molecular weight is 487 g/mol. The van der Waals surface area contributed by atoms with Crippen LogP contribution >= 0.6 is 24.8 Å². The van der Waals surface area contributed by atoms with E-state index in [2.05, 4.69) is 9.80 Å². The van der Waals surface area contributed by atoms with Gasteiger partial charge in [-0.25, -0.2) is 0 Å². The Hall–Kier alpha value is -2.19. The maximum absolute atomic E-state index is 11.5. The van der Waals surface area contributed by atoms with E-state index < -0.39 is 6.10 Å². The predicted octanol–water partition coefficient (Wildman–Crippen LogP) is 3.31. The summed E-state index contributed by atoms with van der Waals surface area (Å²) < 4.78 is 16.4. The van der Waals surface area contributed by atoms with E-state index >= 15 is 0 Å². The molecule has 0 aromatic heterocycles. The third-order valence-electron chi connectivity index (χ3n) is 5.26. The van der Waals surface area contributed by atoms with Crippen molar-refractivity contribution < 1.29 is 24.1 Å². The molecule has 1 saturated heterocycles. The maximum Gasteiger partial charge on any atom is 0.162 e. The first-order valence-corrected chi connectivity index (χ1v) is 10.1. The Morgan fingerprint density at radius 1 is 1.00 bits per heavy atom. The number of halogens is 2. The first kappa shape index (κ1) is 27.8. The standard InChI is InChI=1S/C23H30N2O5.2ClH/c1-17(26)18-5-4-6-21(13-18)30-16-20(27)15-24-9-11-25(12-10-24)19-7-8-22(28-2)23(14-19)29-3;;/h4-8,13-14,20,27H,9-12,15-16H2,1-3H3;2*1H. The van der Waals surface area contributed by atoms with Crippen LogP contribution in [0.4, 0.5) is 5.69 Å². The number of β-amino-alcohol motifs (C(OH)–C–C–N with tert-alkyl or cyclic N) is 1. The molecule has 32 heavy (non-hydrogen) atoms. The fourth-order valence-electron chi connectivity index (χ4n) is 3.56. The lowest BCUT2D eigenvalue weighted by atomic mass is 10.1. The predicted molar refractivity (Wildman–Crippen MR) is 131 cm³/mol. The molecule has 1 heterocycles. The largest absolute Gasteiger partial charge is 0.493 e. The fourth-order valence-corrected chi connectivity index (χ4v) is 3.56. The number of anilines is 1. The summed E-state index contributed by atoms with van der Waals surface area (Å²) in [5.41, 5.74) is 1.70. The second-order valence-electron chi connectivity index (χ2n) is 7.38. The molecule has 2 aromatic carbocycles. The number of benzene rings is 2. The van der Waals surface area contributed by atoms with Crippen LogP contribution in [-0.4, -0.2) is 75.4 Å². The summed E-state index contributed by atoms with van der Waals surface area (Å²) in [5.74, 6) is 2.03. The van der Waals surface area contributed by atoms with E-state index in [9.17, 15) is 9.90 Å². The Morgan fingerprint density at radius 2 is 1.69 bits per heavy atom. The van der Waals surface area contributed by atoms with Crippen LogP contribution in [0.25, 0.3) is 0 Å². The highest BCUT2D eigenvalue weighted by Gasteiger charge is 2.20. The summed E-state index contributed by atoms with van der Waals surface area (Å²) in [7, 11) is 3.27. The van der Waals surface area contributed by atoms with Crippen LogP contribution in [0.3, 0.4) is 0 Å². The minimum atomic E-state index is -0.599. The molecule has 3 rings (SSSR count). The van der Waals surface area contributed by atoms with Gasteiger partial charge in [-0.05, 0) is 31.2 Å². The smallest absolute Gasteiger partial charge is 0.162 e. The third-order valence-corrected chi connectivity index (χ3v) is 5.26. The molecule has 178 valence electrons. The van der Waals surface area contributed by atoms with Gasteiger partial charge in [0.05, 0.1) is 14.2 Å². The molecule has 0 aliphatic carbocycles. The molecule has 1 aliphatic heterocycles. The quantitative estimate of drug-likeness (QED) is 0.545. The third kappa shape index (κ3) is 7.45. The minimum Gasteiger partial charge on any atom is -0.493 e. The fraction of sp³-hybridized carbons (Fsp3) is 0.435. The first-order chi connectivity index (χ1) is 14.5. The highest BCUT2D eigenvalue weighted by atomic mass is 35.5. The van der Waals surface area contributed by atoms with Crippen LogP contribution in [0.15, 0.2) is 42.5 Å². The number of aliphatic hydroxyl groups is 1. The molecule has 0 bridgehead atoms. The molecule has 7 nitrogen and oxygen atoms in total. The van der Waals surface area contributed by atoms with Crippen molar-refractivity contribution in [1.82, 2.24) is 4.90 Å². The Labute approximate surface area is 202 Å². The lowest BCUT2D eigenvalue weighted by Gasteiger charge is -2.37. The average Bonchev–Trinajstić information content (AvgIpc) is 2.78. The number of carbonyl (C=O) groups is 1. The molecule has 1 N–H and O–H groups in total. The molecule has 0 radical (unpaired) electrons. The van der Waals surface area contributed by atoms with Crippen molar-refractivity contribution in [1.29, 1.82) is 0 Å². The lowest BCUT2D eigenvalue weighted by Crippen LogP contribution is -2.49. The number of ketones is 1. The molecule has 0 amide bonds. The molecule has 1 fully saturated rings. The van der Waals surface area contributed by atoms with E-state index in [0.717, 1.165) is 43.4 Å². The van der Waals surface area contributed by atoms with Crippen molar-refractivity contribution >= 4 is 36.3 Å². The van der Waals surface area contributed by atoms with Crippen molar-refractivity contribution in [3.8, 4) is 17.2 Å². The van der Waals surface area contributed by atoms with Crippen molar-refractivity contribution in [2.24, 2.45) is 0 Å². The van der Waals surface area contributed by atoms with E-state index in [0.29, 0.717) is 17.9 Å². The van der Waals surface area contributed by atoms with E-state index in [-0.39, 0.29) is 37.2 Å². The molecule has 9 heteroatoms. The summed E-state index contributed by atoms with van der Waals surface area (Å²) >= 11 is 0. The molecular formula is C23H32Cl2N2O5. The zero-order valence-corrected chi connectivity index (χ0v) is 20.3. The maximum atomic E-state index is 11.5. The highest BCUT2D eigenvalue weighted by Crippen LogP contribution is 2.31. The lowest BCUT2D eigenvalue weighted by molar-refractivity contribution is 0.0663. The number of Topliss-reactive ketones (excluding diaryl/α,β-unsaturated/α-hetero) is 1. The van der Waals surface area contributed by atoms with Crippen LogP contribution in [-0.2, 0) is 0 Å². The number of nitrogens with zero attached hydrogens (tertiary/aromatic N) is 2. The molecule has 1 atom stereocenters. The zero-order chi connectivity index (χ0) is 21.5. The highest BCUT2D eigenvalue weighted by molar-refractivity contribution is 5.94.